The zero-order valence-electron chi connectivity index (χ0n) is 13.1. The van der Waals surface area contributed by atoms with E-state index in [1.54, 1.807) is 38.6 Å². The number of likely N-dealkylation sites (tertiary alicyclic amines) is 1. The van der Waals surface area contributed by atoms with Gasteiger partial charge < -0.3 is 14.6 Å². The molecule has 1 N–H and O–H groups in total. The molecule has 23 heavy (non-hydrogen) atoms. The Kier molecular flexibility index (Phi) is 4.19. The number of halogens is 1. The van der Waals surface area contributed by atoms with E-state index in [1.165, 1.54) is 12.1 Å². The largest absolute Gasteiger partial charge is 0.493 e. The zero-order valence-corrected chi connectivity index (χ0v) is 13.1. The first kappa shape index (κ1) is 15.7. The number of β-amino-alcohol motifs (C(OH)–C–C–N with tert-alkyl or cyclic N) is 1. The molecule has 0 saturated carbocycles. The third-order valence-electron chi connectivity index (χ3n) is 4.09. The first-order valence-electron chi connectivity index (χ1n) is 7.32. The van der Waals surface area contributed by atoms with Crippen LogP contribution in [0.2, 0.25) is 0 Å². The SMILES string of the molecule is COc1ccnc(CN2CC(O)(c3ccc(F)cc3)C2)c1OC. The minimum atomic E-state index is -0.945. The Bertz CT molecular complexity index is 685. The van der Waals surface area contributed by atoms with Gasteiger partial charge in [0.15, 0.2) is 11.5 Å². The molecule has 2 heterocycles. The van der Waals surface area contributed by atoms with Crippen molar-refractivity contribution in [1.29, 1.82) is 0 Å². The van der Waals surface area contributed by atoms with E-state index < -0.39 is 5.60 Å². The highest BCUT2D eigenvalue weighted by molar-refractivity contribution is 5.42. The molecule has 0 unspecified atom stereocenters. The Morgan fingerprint density at radius 1 is 1.17 bits per heavy atom. The lowest BCUT2D eigenvalue weighted by Gasteiger charge is -2.46. The van der Waals surface area contributed by atoms with E-state index in [0.717, 1.165) is 11.3 Å². The first-order valence-corrected chi connectivity index (χ1v) is 7.32. The second kappa shape index (κ2) is 6.14. The van der Waals surface area contributed by atoms with Crippen molar-refractivity contribution in [3.63, 3.8) is 0 Å². The summed E-state index contributed by atoms with van der Waals surface area (Å²) in [6.45, 7) is 1.46. The maximum Gasteiger partial charge on any atom is 0.183 e. The molecule has 0 amide bonds. The molecular formula is C17H19FN2O3. The lowest BCUT2D eigenvalue weighted by Crippen LogP contribution is -2.58. The maximum absolute atomic E-state index is 13.0. The van der Waals surface area contributed by atoms with Crippen LogP contribution >= 0.6 is 0 Å². The van der Waals surface area contributed by atoms with E-state index in [1.807, 2.05) is 4.90 Å². The molecular weight excluding hydrogens is 299 g/mol. The molecule has 0 atom stereocenters. The van der Waals surface area contributed by atoms with Gasteiger partial charge in [0.05, 0.1) is 14.2 Å². The molecule has 5 nitrogen and oxygen atoms in total. The van der Waals surface area contributed by atoms with Crippen LogP contribution in [0.15, 0.2) is 36.5 Å². The number of pyridine rings is 1. The molecule has 1 saturated heterocycles. The number of rotatable bonds is 5. The van der Waals surface area contributed by atoms with Crippen molar-refractivity contribution in [2.75, 3.05) is 27.3 Å². The zero-order chi connectivity index (χ0) is 16.4. The lowest BCUT2D eigenvalue weighted by molar-refractivity contribution is -0.108. The Morgan fingerprint density at radius 2 is 1.87 bits per heavy atom. The van der Waals surface area contributed by atoms with E-state index in [4.69, 9.17) is 9.47 Å². The predicted molar refractivity (Wildman–Crippen MR) is 82.9 cm³/mol. The van der Waals surface area contributed by atoms with Crippen LogP contribution in [0.1, 0.15) is 11.3 Å². The number of methoxy groups -OCH3 is 2. The van der Waals surface area contributed by atoms with Gasteiger partial charge in [-0.25, -0.2) is 4.39 Å². The van der Waals surface area contributed by atoms with Crippen LogP contribution in [0.3, 0.4) is 0 Å². The fourth-order valence-electron chi connectivity index (χ4n) is 2.92. The van der Waals surface area contributed by atoms with Crippen molar-refractivity contribution in [2.24, 2.45) is 0 Å². The van der Waals surface area contributed by atoms with Crippen LogP contribution in [-0.2, 0) is 12.1 Å². The molecule has 0 spiro atoms. The van der Waals surface area contributed by atoms with Crippen LogP contribution in [0.5, 0.6) is 11.5 Å². The Hall–Kier alpha value is -2.18. The predicted octanol–water partition coefficient (Wildman–Crippen LogP) is 1.94. The standard InChI is InChI=1S/C17H19FN2O3/c1-22-15-7-8-19-14(16(15)23-2)9-20-10-17(21,11-20)12-3-5-13(18)6-4-12/h3-8,21H,9-11H2,1-2H3. The van der Waals surface area contributed by atoms with E-state index in [9.17, 15) is 9.50 Å². The summed E-state index contributed by atoms with van der Waals surface area (Å²) in [5, 5.41) is 10.6. The summed E-state index contributed by atoms with van der Waals surface area (Å²) >= 11 is 0. The molecule has 1 aliphatic heterocycles. The van der Waals surface area contributed by atoms with Gasteiger partial charge in [-0.1, -0.05) is 12.1 Å². The normalized spacial score (nSPS) is 16.7. The molecule has 6 heteroatoms. The van der Waals surface area contributed by atoms with Gasteiger partial charge in [0.25, 0.3) is 0 Å². The lowest BCUT2D eigenvalue weighted by atomic mass is 9.86. The molecule has 1 fully saturated rings. The fraction of sp³-hybridized carbons (Fsp3) is 0.353. The van der Waals surface area contributed by atoms with Crippen LogP contribution < -0.4 is 9.47 Å². The number of ether oxygens (including phenoxy) is 2. The smallest absolute Gasteiger partial charge is 0.183 e. The Balaban J connectivity index is 1.70. The number of aromatic nitrogens is 1. The minimum Gasteiger partial charge on any atom is -0.493 e. The summed E-state index contributed by atoms with van der Waals surface area (Å²) in [5.41, 5.74) is 0.536. The first-order chi connectivity index (χ1) is 11.1. The Morgan fingerprint density at radius 3 is 2.48 bits per heavy atom. The van der Waals surface area contributed by atoms with Crippen LogP contribution in [-0.4, -0.2) is 42.3 Å². The van der Waals surface area contributed by atoms with Gasteiger partial charge in [0.2, 0.25) is 0 Å². The highest BCUT2D eigenvalue weighted by atomic mass is 19.1. The summed E-state index contributed by atoms with van der Waals surface area (Å²) in [6.07, 6.45) is 1.67. The van der Waals surface area contributed by atoms with Crippen molar-refractivity contribution in [2.45, 2.75) is 12.1 Å². The third kappa shape index (κ3) is 3.00. The van der Waals surface area contributed by atoms with Crippen molar-refractivity contribution in [3.8, 4) is 11.5 Å². The van der Waals surface area contributed by atoms with Gasteiger partial charge in [-0.05, 0) is 17.7 Å². The van der Waals surface area contributed by atoms with Crippen molar-refractivity contribution >= 4 is 0 Å². The number of hydrogen-bond acceptors (Lipinski definition) is 5. The summed E-state index contributed by atoms with van der Waals surface area (Å²) in [4.78, 5) is 6.38. The van der Waals surface area contributed by atoms with Gasteiger partial charge in [-0.2, -0.15) is 0 Å². The monoisotopic (exact) mass is 318 g/mol. The molecule has 0 bridgehead atoms. The molecule has 1 aromatic carbocycles. The minimum absolute atomic E-state index is 0.307. The number of hydrogen-bond donors (Lipinski definition) is 1. The van der Waals surface area contributed by atoms with Gasteiger partial charge >= 0.3 is 0 Å². The third-order valence-corrected chi connectivity index (χ3v) is 4.09. The number of aliphatic hydroxyl groups is 1. The second-order valence-electron chi connectivity index (χ2n) is 5.68. The fourth-order valence-corrected chi connectivity index (χ4v) is 2.92. The highest BCUT2D eigenvalue weighted by Gasteiger charge is 2.42. The quantitative estimate of drug-likeness (QED) is 0.913. The van der Waals surface area contributed by atoms with Gasteiger partial charge in [-0.3, -0.25) is 9.88 Å². The molecule has 1 aliphatic rings. The topological polar surface area (TPSA) is 54.8 Å². The molecule has 2 aromatic rings. The van der Waals surface area contributed by atoms with Crippen LogP contribution in [0, 0.1) is 5.82 Å². The molecule has 122 valence electrons. The van der Waals surface area contributed by atoms with E-state index in [-0.39, 0.29) is 5.82 Å². The van der Waals surface area contributed by atoms with Gasteiger partial charge in [0.1, 0.15) is 17.1 Å². The summed E-state index contributed by atoms with van der Waals surface area (Å²) in [5.74, 6) is 0.929. The van der Waals surface area contributed by atoms with Gasteiger partial charge in [0, 0.05) is 31.9 Å². The molecule has 0 radical (unpaired) electrons. The van der Waals surface area contributed by atoms with Crippen LogP contribution in [0.25, 0.3) is 0 Å². The summed E-state index contributed by atoms with van der Waals surface area (Å²) < 4.78 is 23.6. The Labute approximate surface area is 134 Å². The van der Waals surface area contributed by atoms with E-state index in [2.05, 4.69) is 4.98 Å². The van der Waals surface area contributed by atoms with Crippen molar-refractivity contribution in [3.05, 3.63) is 53.6 Å². The van der Waals surface area contributed by atoms with Gasteiger partial charge in [-0.15, -0.1) is 0 Å². The second-order valence-corrected chi connectivity index (χ2v) is 5.68. The molecule has 3 rings (SSSR count). The molecule has 1 aromatic heterocycles. The number of benzene rings is 1. The number of nitrogens with zero attached hydrogens (tertiary/aromatic N) is 2. The average Bonchev–Trinajstić information content (AvgIpc) is 2.53. The summed E-state index contributed by atoms with van der Waals surface area (Å²) in [6, 6.07) is 7.71. The highest BCUT2D eigenvalue weighted by Crippen LogP contribution is 2.35. The van der Waals surface area contributed by atoms with E-state index in [0.29, 0.717) is 31.1 Å². The van der Waals surface area contributed by atoms with Crippen molar-refractivity contribution in [1.82, 2.24) is 9.88 Å². The van der Waals surface area contributed by atoms with Crippen LogP contribution in [0.4, 0.5) is 4.39 Å². The van der Waals surface area contributed by atoms with E-state index >= 15 is 0 Å². The maximum atomic E-state index is 13.0. The molecule has 0 aliphatic carbocycles. The summed E-state index contributed by atoms with van der Waals surface area (Å²) in [7, 11) is 3.16. The average molecular weight is 318 g/mol. The van der Waals surface area contributed by atoms with Crippen molar-refractivity contribution < 1.29 is 19.0 Å².